The summed E-state index contributed by atoms with van der Waals surface area (Å²) >= 11 is 0. The summed E-state index contributed by atoms with van der Waals surface area (Å²) in [6, 6.07) is 5.31. The van der Waals surface area contributed by atoms with Crippen LogP contribution in [0, 0.1) is 12.7 Å². The minimum Gasteiger partial charge on any atom is -0.481 e. The molecule has 1 aliphatic heterocycles. The van der Waals surface area contributed by atoms with Crippen molar-refractivity contribution >= 4 is 5.91 Å². The van der Waals surface area contributed by atoms with Crippen LogP contribution in [-0.4, -0.2) is 34.2 Å². The summed E-state index contributed by atoms with van der Waals surface area (Å²) < 4.78 is 20.5. The van der Waals surface area contributed by atoms with Crippen LogP contribution in [0.4, 0.5) is 4.39 Å². The monoisotopic (exact) mass is 346 g/mol. The van der Waals surface area contributed by atoms with Crippen LogP contribution >= 0.6 is 0 Å². The molecule has 3 rings (SSSR count). The van der Waals surface area contributed by atoms with Gasteiger partial charge in [0, 0.05) is 13.1 Å². The minimum atomic E-state index is -0.614. The Morgan fingerprint density at radius 3 is 2.68 bits per heavy atom. The van der Waals surface area contributed by atoms with E-state index in [2.05, 4.69) is 10.00 Å². The molecule has 1 saturated heterocycles. The fourth-order valence-corrected chi connectivity index (χ4v) is 3.85. The number of amides is 1. The first kappa shape index (κ1) is 17.4. The standard InChI is InChI=1S/C18H23FN4O2/c1-11-15(18(25-3)22(2)21-11)14-5-4-10-23(14)16(17(20)24)12-6-8-13(19)9-7-12/h6-9,14,16H,4-5,10H2,1-3H3,(H2,20,24)/t14-,16+/m1/s1. The lowest BCUT2D eigenvalue weighted by Gasteiger charge is -2.31. The molecule has 0 bridgehead atoms. The van der Waals surface area contributed by atoms with Gasteiger partial charge in [0.2, 0.25) is 11.8 Å². The maximum atomic E-state index is 13.3. The molecule has 2 aromatic rings. The second-order valence-corrected chi connectivity index (χ2v) is 6.38. The van der Waals surface area contributed by atoms with Crippen LogP contribution in [0.15, 0.2) is 24.3 Å². The Bertz CT molecular complexity index is 772. The van der Waals surface area contributed by atoms with Gasteiger partial charge >= 0.3 is 0 Å². The Kier molecular flexibility index (Phi) is 4.76. The van der Waals surface area contributed by atoms with E-state index in [1.165, 1.54) is 12.1 Å². The number of nitrogens with two attached hydrogens (primary N) is 1. The molecule has 0 radical (unpaired) electrons. The minimum absolute atomic E-state index is 0.0220. The number of ether oxygens (including phenoxy) is 1. The van der Waals surface area contributed by atoms with Gasteiger partial charge in [-0.15, -0.1) is 0 Å². The highest BCUT2D eigenvalue weighted by atomic mass is 19.1. The molecule has 0 spiro atoms. The Hall–Kier alpha value is -2.41. The van der Waals surface area contributed by atoms with Gasteiger partial charge in [0.15, 0.2) is 0 Å². The van der Waals surface area contributed by atoms with Crippen molar-refractivity contribution in [1.29, 1.82) is 0 Å². The predicted molar refractivity (Wildman–Crippen MR) is 91.5 cm³/mol. The number of carbonyl (C=O) groups excluding carboxylic acids is 1. The molecule has 0 unspecified atom stereocenters. The van der Waals surface area contributed by atoms with E-state index in [9.17, 15) is 9.18 Å². The van der Waals surface area contributed by atoms with E-state index < -0.39 is 11.9 Å². The van der Waals surface area contributed by atoms with Gasteiger partial charge in [0.25, 0.3) is 0 Å². The van der Waals surface area contributed by atoms with E-state index >= 15 is 0 Å². The zero-order valence-electron chi connectivity index (χ0n) is 14.7. The van der Waals surface area contributed by atoms with Gasteiger partial charge in [0.05, 0.1) is 18.4 Å². The van der Waals surface area contributed by atoms with Gasteiger partial charge in [-0.25, -0.2) is 9.07 Å². The van der Waals surface area contributed by atoms with Crippen molar-refractivity contribution in [3.05, 3.63) is 46.9 Å². The third-order valence-corrected chi connectivity index (χ3v) is 4.82. The Labute approximate surface area is 146 Å². The van der Waals surface area contributed by atoms with E-state index in [1.54, 1.807) is 23.9 Å². The number of aromatic nitrogens is 2. The van der Waals surface area contributed by atoms with Gasteiger partial charge < -0.3 is 10.5 Å². The van der Waals surface area contributed by atoms with Gasteiger partial charge in [-0.1, -0.05) is 12.1 Å². The zero-order valence-corrected chi connectivity index (χ0v) is 14.7. The summed E-state index contributed by atoms with van der Waals surface area (Å²) in [5, 5.41) is 4.45. The fourth-order valence-electron chi connectivity index (χ4n) is 3.85. The SMILES string of the molecule is COc1c([C@H]2CCCN2[C@H](C(N)=O)c2ccc(F)cc2)c(C)nn1C. The third-order valence-electron chi connectivity index (χ3n) is 4.82. The van der Waals surface area contributed by atoms with Crippen molar-refractivity contribution in [3.63, 3.8) is 0 Å². The number of halogens is 1. The number of aryl methyl sites for hydroxylation is 2. The number of methoxy groups -OCH3 is 1. The normalized spacial score (nSPS) is 19.1. The van der Waals surface area contributed by atoms with Crippen molar-refractivity contribution in [3.8, 4) is 5.88 Å². The topological polar surface area (TPSA) is 73.4 Å². The molecule has 25 heavy (non-hydrogen) atoms. The molecule has 1 aromatic heterocycles. The molecule has 2 atom stereocenters. The van der Waals surface area contributed by atoms with Crippen LogP contribution in [0.25, 0.3) is 0 Å². The largest absolute Gasteiger partial charge is 0.481 e. The third kappa shape index (κ3) is 3.11. The summed E-state index contributed by atoms with van der Waals surface area (Å²) in [4.78, 5) is 14.3. The first-order valence-electron chi connectivity index (χ1n) is 8.32. The van der Waals surface area contributed by atoms with Crippen LogP contribution in [0.3, 0.4) is 0 Å². The number of likely N-dealkylation sites (tertiary alicyclic amines) is 1. The average Bonchev–Trinajstić information content (AvgIpc) is 3.12. The Morgan fingerprint density at radius 2 is 2.08 bits per heavy atom. The lowest BCUT2D eigenvalue weighted by molar-refractivity contribution is -0.123. The highest BCUT2D eigenvalue weighted by Crippen LogP contribution is 2.43. The van der Waals surface area contributed by atoms with Gasteiger partial charge in [-0.2, -0.15) is 5.10 Å². The molecule has 134 valence electrons. The second kappa shape index (κ2) is 6.84. The van der Waals surface area contributed by atoms with Gasteiger partial charge in [0.1, 0.15) is 11.9 Å². The number of carbonyl (C=O) groups is 1. The van der Waals surface area contributed by atoms with E-state index in [0.717, 1.165) is 30.6 Å². The molecule has 1 aromatic carbocycles. The predicted octanol–water partition coefficient (Wildman–Crippen LogP) is 2.24. The summed E-state index contributed by atoms with van der Waals surface area (Å²) in [6.45, 7) is 2.67. The number of benzene rings is 1. The number of rotatable bonds is 5. The van der Waals surface area contributed by atoms with Crippen molar-refractivity contribution in [1.82, 2.24) is 14.7 Å². The quantitative estimate of drug-likeness (QED) is 0.901. The van der Waals surface area contributed by atoms with Gasteiger partial charge in [-0.05, 0) is 44.0 Å². The van der Waals surface area contributed by atoms with E-state index in [-0.39, 0.29) is 11.9 Å². The molecule has 7 heteroatoms. The number of hydrogen-bond donors (Lipinski definition) is 1. The molecule has 1 aliphatic rings. The smallest absolute Gasteiger partial charge is 0.239 e. The van der Waals surface area contributed by atoms with Gasteiger partial charge in [-0.3, -0.25) is 9.69 Å². The van der Waals surface area contributed by atoms with E-state index in [1.807, 2.05) is 14.0 Å². The average molecular weight is 346 g/mol. The number of nitrogens with zero attached hydrogens (tertiary/aromatic N) is 3. The Morgan fingerprint density at radius 1 is 1.40 bits per heavy atom. The molecular formula is C18H23FN4O2. The van der Waals surface area contributed by atoms with E-state index in [4.69, 9.17) is 10.5 Å². The number of primary amides is 1. The summed E-state index contributed by atoms with van der Waals surface area (Å²) in [5.41, 5.74) is 8.27. The maximum Gasteiger partial charge on any atom is 0.239 e. The lowest BCUT2D eigenvalue weighted by atomic mass is 10.00. The summed E-state index contributed by atoms with van der Waals surface area (Å²) in [7, 11) is 3.45. The molecular weight excluding hydrogens is 323 g/mol. The van der Waals surface area contributed by atoms with Crippen molar-refractivity contribution < 1.29 is 13.9 Å². The van der Waals surface area contributed by atoms with Crippen molar-refractivity contribution in [2.45, 2.75) is 31.8 Å². The molecule has 0 aliphatic carbocycles. The lowest BCUT2D eigenvalue weighted by Crippen LogP contribution is -2.37. The van der Waals surface area contributed by atoms with E-state index in [0.29, 0.717) is 11.4 Å². The molecule has 2 heterocycles. The second-order valence-electron chi connectivity index (χ2n) is 6.38. The van der Waals surface area contributed by atoms with Crippen LogP contribution in [0.2, 0.25) is 0 Å². The van der Waals surface area contributed by atoms with Crippen LogP contribution in [-0.2, 0) is 11.8 Å². The molecule has 1 amide bonds. The first-order valence-corrected chi connectivity index (χ1v) is 8.32. The van der Waals surface area contributed by atoms with Crippen LogP contribution in [0.5, 0.6) is 5.88 Å². The van der Waals surface area contributed by atoms with Crippen LogP contribution < -0.4 is 10.5 Å². The maximum absolute atomic E-state index is 13.3. The van der Waals surface area contributed by atoms with Crippen molar-refractivity contribution in [2.24, 2.45) is 12.8 Å². The Balaban J connectivity index is 2.02. The van der Waals surface area contributed by atoms with Crippen molar-refractivity contribution in [2.75, 3.05) is 13.7 Å². The molecule has 1 fully saturated rings. The first-order chi connectivity index (χ1) is 11.9. The summed E-state index contributed by atoms with van der Waals surface area (Å²) in [6.07, 6.45) is 1.82. The molecule has 2 N–H and O–H groups in total. The number of hydrogen-bond acceptors (Lipinski definition) is 4. The molecule has 0 saturated carbocycles. The fraction of sp³-hybridized carbons (Fsp3) is 0.444. The summed E-state index contributed by atoms with van der Waals surface area (Å²) in [5.74, 6) is -0.0922. The van der Waals surface area contributed by atoms with Crippen LogP contribution in [0.1, 0.15) is 41.7 Å². The highest BCUT2D eigenvalue weighted by Gasteiger charge is 2.38. The molecule has 6 nitrogen and oxygen atoms in total. The highest BCUT2D eigenvalue weighted by molar-refractivity contribution is 5.81. The zero-order chi connectivity index (χ0) is 18.1.